The number of Topliss-reactive ketones (excluding diaryl/α,β-unsaturated/α-hetero) is 1. The zero-order valence-corrected chi connectivity index (χ0v) is 22.7. The molecule has 1 saturated carbocycles. The molecule has 36 heavy (non-hydrogen) atoms. The number of aromatic hydroxyl groups is 1. The van der Waals surface area contributed by atoms with Crippen molar-refractivity contribution >= 4 is 29.4 Å². The van der Waals surface area contributed by atoms with E-state index in [1.807, 2.05) is 27.7 Å². The maximum absolute atomic E-state index is 13.3. The SMILES string of the molecule is COC(=O)N=CCCCC(C)c1cc(O)c(C(=O)C(C)C(C)(C)Cc2ccc(CC3CC3)s2)c(=O)o1. The molecular formula is C28H37NO6S. The fourth-order valence-corrected chi connectivity index (χ4v) is 5.60. The fourth-order valence-electron chi connectivity index (χ4n) is 4.23. The van der Waals surface area contributed by atoms with E-state index in [4.69, 9.17) is 4.42 Å². The number of methoxy groups -OCH3 is 1. The van der Waals surface area contributed by atoms with Gasteiger partial charge in [-0.05, 0) is 68.4 Å². The van der Waals surface area contributed by atoms with E-state index in [1.165, 1.54) is 42.0 Å². The van der Waals surface area contributed by atoms with Crippen molar-refractivity contribution in [1.82, 2.24) is 0 Å². The van der Waals surface area contributed by atoms with Gasteiger partial charge < -0.3 is 14.3 Å². The number of thiophene rings is 1. The topological polar surface area (TPSA) is 106 Å². The Morgan fingerprint density at radius 2 is 1.97 bits per heavy atom. The highest BCUT2D eigenvalue weighted by atomic mass is 32.1. The average Bonchev–Trinajstić information content (AvgIpc) is 3.54. The van der Waals surface area contributed by atoms with Crippen LogP contribution in [-0.4, -0.2) is 30.3 Å². The lowest BCUT2D eigenvalue weighted by Crippen LogP contribution is -2.33. The third kappa shape index (κ3) is 7.38. The standard InChI is InChI=1S/C28H37NO6S/c1-17(8-6-7-13-29-27(33)34-5)23-15-22(30)24(26(32)35-23)25(31)18(2)28(3,4)16-21-12-11-20(36-21)14-19-9-10-19/h11-13,15,17-19,30H,6-10,14,16H2,1-5H3. The van der Waals surface area contributed by atoms with Gasteiger partial charge in [-0.25, -0.2) is 9.59 Å². The lowest BCUT2D eigenvalue weighted by molar-refractivity contribution is 0.0812. The molecule has 2 aromatic heterocycles. The summed E-state index contributed by atoms with van der Waals surface area (Å²) in [6.45, 7) is 7.73. The number of carbonyl (C=O) groups is 2. The molecule has 0 bridgehead atoms. The summed E-state index contributed by atoms with van der Waals surface area (Å²) < 4.78 is 9.92. The molecule has 0 aliphatic heterocycles. The second-order valence-corrected chi connectivity index (χ2v) is 11.8. The predicted octanol–water partition coefficient (Wildman–Crippen LogP) is 6.56. The molecule has 3 rings (SSSR count). The van der Waals surface area contributed by atoms with E-state index in [0.717, 1.165) is 18.8 Å². The predicted molar refractivity (Wildman–Crippen MR) is 142 cm³/mol. The number of aliphatic imine (C=N–C) groups is 1. The second-order valence-electron chi connectivity index (χ2n) is 10.6. The van der Waals surface area contributed by atoms with Gasteiger partial charge in [0.2, 0.25) is 0 Å². The van der Waals surface area contributed by atoms with Crippen LogP contribution in [0.3, 0.4) is 0 Å². The zero-order valence-electron chi connectivity index (χ0n) is 21.8. The van der Waals surface area contributed by atoms with E-state index in [9.17, 15) is 19.5 Å². The van der Waals surface area contributed by atoms with Crippen LogP contribution < -0.4 is 5.63 Å². The minimum absolute atomic E-state index is 0.156. The van der Waals surface area contributed by atoms with E-state index in [2.05, 4.69) is 21.9 Å². The molecule has 0 radical (unpaired) electrons. The lowest BCUT2D eigenvalue weighted by atomic mass is 9.73. The first kappa shape index (κ1) is 27.8. The van der Waals surface area contributed by atoms with Gasteiger partial charge in [0, 0.05) is 33.9 Å². The molecule has 7 nitrogen and oxygen atoms in total. The summed E-state index contributed by atoms with van der Waals surface area (Å²) in [5.41, 5.74) is -1.49. The smallest absolute Gasteiger partial charge is 0.432 e. The number of hydrogen-bond acceptors (Lipinski definition) is 7. The van der Waals surface area contributed by atoms with E-state index in [1.54, 1.807) is 11.3 Å². The van der Waals surface area contributed by atoms with E-state index >= 15 is 0 Å². The third-order valence-electron chi connectivity index (χ3n) is 7.12. The molecule has 1 aliphatic carbocycles. The van der Waals surface area contributed by atoms with Gasteiger partial charge in [-0.3, -0.25) is 4.79 Å². The minimum atomic E-state index is -0.806. The summed E-state index contributed by atoms with van der Waals surface area (Å²) in [5.74, 6) is -0.226. The molecule has 0 spiro atoms. The van der Waals surface area contributed by atoms with Crippen LogP contribution in [0.15, 0.2) is 32.4 Å². The van der Waals surface area contributed by atoms with Crippen molar-refractivity contribution in [3.05, 3.63) is 49.7 Å². The summed E-state index contributed by atoms with van der Waals surface area (Å²) in [4.78, 5) is 43.3. The van der Waals surface area contributed by atoms with Crippen LogP contribution >= 0.6 is 11.3 Å². The van der Waals surface area contributed by atoms with Crippen molar-refractivity contribution < 1.29 is 23.8 Å². The molecule has 1 N–H and O–H groups in total. The molecule has 2 aromatic rings. The van der Waals surface area contributed by atoms with Crippen LogP contribution in [0.4, 0.5) is 4.79 Å². The van der Waals surface area contributed by atoms with Crippen molar-refractivity contribution in [2.24, 2.45) is 22.2 Å². The number of hydrogen-bond donors (Lipinski definition) is 1. The molecule has 2 heterocycles. The van der Waals surface area contributed by atoms with Crippen molar-refractivity contribution in [2.45, 2.75) is 78.6 Å². The normalized spacial score (nSPS) is 15.7. The zero-order chi connectivity index (χ0) is 26.5. The Bertz CT molecular complexity index is 1160. The molecule has 1 amide bonds. The number of nitrogens with zero attached hydrogens (tertiary/aromatic N) is 1. The van der Waals surface area contributed by atoms with Crippen LogP contribution in [-0.2, 0) is 17.6 Å². The van der Waals surface area contributed by atoms with Crippen LogP contribution in [0.2, 0.25) is 0 Å². The highest BCUT2D eigenvalue weighted by molar-refractivity contribution is 7.12. The number of ether oxygens (including phenoxy) is 1. The molecule has 2 unspecified atom stereocenters. The lowest BCUT2D eigenvalue weighted by Gasteiger charge is -2.30. The Kier molecular flexibility index (Phi) is 9.28. The highest BCUT2D eigenvalue weighted by Crippen LogP contribution is 2.38. The van der Waals surface area contributed by atoms with Gasteiger partial charge in [0.05, 0.1) is 7.11 Å². The van der Waals surface area contributed by atoms with Gasteiger partial charge in [0.15, 0.2) is 5.78 Å². The summed E-state index contributed by atoms with van der Waals surface area (Å²) in [6.07, 6.45) is 7.24. The van der Waals surface area contributed by atoms with Gasteiger partial charge in [-0.1, -0.05) is 27.7 Å². The van der Waals surface area contributed by atoms with E-state index in [0.29, 0.717) is 25.0 Å². The molecule has 196 valence electrons. The third-order valence-corrected chi connectivity index (χ3v) is 8.23. The maximum atomic E-state index is 13.3. The van der Waals surface area contributed by atoms with Crippen molar-refractivity contribution in [3.8, 4) is 5.75 Å². The van der Waals surface area contributed by atoms with Crippen molar-refractivity contribution in [1.29, 1.82) is 0 Å². The van der Waals surface area contributed by atoms with Crippen molar-refractivity contribution in [2.75, 3.05) is 7.11 Å². The van der Waals surface area contributed by atoms with E-state index in [-0.39, 0.29) is 17.2 Å². The quantitative estimate of drug-likeness (QED) is 0.195. The van der Waals surface area contributed by atoms with Crippen molar-refractivity contribution in [3.63, 3.8) is 0 Å². The first-order valence-electron chi connectivity index (χ1n) is 12.6. The van der Waals surface area contributed by atoms with Crippen LogP contribution in [0, 0.1) is 17.3 Å². The Labute approximate surface area is 216 Å². The summed E-state index contributed by atoms with van der Waals surface area (Å²) in [5, 5.41) is 10.6. The molecule has 1 fully saturated rings. The Morgan fingerprint density at radius 1 is 1.28 bits per heavy atom. The first-order valence-corrected chi connectivity index (χ1v) is 13.4. The van der Waals surface area contributed by atoms with Crippen LogP contribution in [0.1, 0.15) is 91.6 Å². The molecule has 0 saturated heterocycles. The first-order chi connectivity index (χ1) is 17.0. The number of carbonyl (C=O) groups excluding carboxylic acids is 2. The van der Waals surface area contributed by atoms with Gasteiger partial charge in [0.25, 0.3) is 0 Å². The summed E-state index contributed by atoms with van der Waals surface area (Å²) in [6, 6.07) is 5.71. The number of unbranched alkanes of at least 4 members (excludes halogenated alkanes) is 1. The van der Waals surface area contributed by atoms with Crippen LogP contribution in [0.5, 0.6) is 5.75 Å². The summed E-state index contributed by atoms with van der Waals surface area (Å²) >= 11 is 1.80. The Hall–Kier alpha value is -2.74. The molecule has 8 heteroatoms. The minimum Gasteiger partial charge on any atom is -0.507 e. The Balaban J connectivity index is 1.64. The molecule has 1 aliphatic rings. The maximum Gasteiger partial charge on any atom is 0.432 e. The summed E-state index contributed by atoms with van der Waals surface area (Å²) in [7, 11) is 1.27. The van der Waals surface area contributed by atoms with Gasteiger partial charge in [-0.15, -0.1) is 11.3 Å². The highest BCUT2D eigenvalue weighted by Gasteiger charge is 2.36. The Morgan fingerprint density at radius 3 is 2.61 bits per heavy atom. The monoisotopic (exact) mass is 515 g/mol. The molecular weight excluding hydrogens is 478 g/mol. The number of ketones is 1. The number of rotatable bonds is 12. The molecule has 2 atom stereocenters. The van der Waals surface area contributed by atoms with E-state index < -0.39 is 28.8 Å². The largest absolute Gasteiger partial charge is 0.507 e. The van der Waals surface area contributed by atoms with Crippen LogP contribution in [0.25, 0.3) is 0 Å². The second kappa shape index (κ2) is 12.0. The number of amides is 1. The van der Waals surface area contributed by atoms with Gasteiger partial charge in [-0.2, -0.15) is 4.99 Å². The molecule has 0 aromatic carbocycles. The van der Waals surface area contributed by atoms with Gasteiger partial charge in [0.1, 0.15) is 17.1 Å². The fraction of sp³-hybridized carbons (Fsp3) is 0.571. The average molecular weight is 516 g/mol. The van der Waals surface area contributed by atoms with Gasteiger partial charge >= 0.3 is 11.7 Å².